The summed E-state index contributed by atoms with van der Waals surface area (Å²) in [6.45, 7) is 2.15. The van der Waals surface area contributed by atoms with Crippen LogP contribution >= 0.6 is 24.8 Å². The van der Waals surface area contributed by atoms with Gasteiger partial charge in [-0.05, 0) is 18.2 Å². The number of halogens is 2. The third-order valence-electron chi connectivity index (χ3n) is 4.65. The Hall–Kier alpha value is -1.55. The Kier molecular flexibility index (Phi) is 7.32. The molecule has 2 aliphatic rings. The number of fused-ring (bicyclic) bond motifs is 1. The molecule has 0 spiro atoms. The van der Waals surface area contributed by atoms with Crippen LogP contribution in [0.2, 0.25) is 0 Å². The van der Waals surface area contributed by atoms with Crippen LogP contribution in [0.3, 0.4) is 0 Å². The summed E-state index contributed by atoms with van der Waals surface area (Å²) in [6, 6.07) is 5.54. The van der Waals surface area contributed by atoms with Gasteiger partial charge in [-0.2, -0.15) is 4.98 Å². The van der Waals surface area contributed by atoms with E-state index in [2.05, 4.69) is 25.5 Å². The van der Waals surface area contributed by atoms with Crippen LogP contribution in [-0.4, -0.2) is 61.6 Å². The number of anilines is 2. The van der Waals surface area contributed by atoms with Gasteiger partial charge in [-0.3, -0.25) is 0 Å². The molecule has 0 saturated carbocycles. The topological polar surface area (TPSA) is 100 Å². The first-order valence-corrected chi connectivity index (χ1v) is 10.2. The van der Waals surface area contributed by atoms with E-state index in [1.54, 1.807) is 12.5 Å². The van der Waals surface area contributed by atoms with Crippen LogP contribution in [0.4, 0.5) is 11.8 Å². The molecule has 0 bridgehead atoms. The lowest BCUT2D eigenvalue weighted by atomic mass is 10.1. The highest BCUT2D eigenvalue weighted by Gasteiger charge is 2.43. The molecule has 4 heterocycles. The Morgan fingerprint density at radius 2 is 2.15 bits per heavy atom. The Bertz CT molecular complexity index is 834. The first-order valence-electron chi connectivity index (χ1n) is 8.40. The molecule has 2 fully saturated rings. The highest BCUT2D eigenvalue weighted by Crippen LogP contribution is 2.25. The van der Waals surface area contributed by atoms with Crippen LogP contribution < -0.4 is 15.5 Å². The molecule has 0 unspecified atom stereocenters. The second-order valence-corrected chi connectivity index (χ2v) is 8.55. The summed E-state index contributed by atoms with van der Waals surface area (Å²) in [7, 11) is -2.99. The minimum absolute atomic E-state index is 0. The summed E-state index contributed by atoms with van der Waals surface area (Å²) >= 11 is 0. The second-order valence-electron chi connectivity index (χ2n) is 6.39. The fraction of sp³-hybridized carbons (Fsp3) is 0.500. The average Bonchev–Trinajstić information content (AvgIpc) is 3.20. The van der Waals surface area contributed by atoms with Crippen molar-refractivity contribution in [3.05, 3.63) is 36.4 Å². The van der Waals surface area contributed by atoms with Crippen molar-refractivity contribution in [1.29, 1.82) is 0 Å². The molecule has 0 aliphatic carbocycles. The fourth-order valence-corrected chi connectivity index (χ4v) is 5.45. The zero-order valence-corrected chi connectivity index (χ0v) is 17.0. The van der Waals surface area contributed by atoms with Crippen molar-refractivity contribution in [1.82, 2.24) is 15.3 Å². The molecule has 8 nitrogen and oxygen atoms in total. The number of rotatable bonds is 5. The number of sulfone groups is 1. The van der Waals surface area contributed by atoms with Gasteiger partial charge in [0.15, 0.2) is 9.84 Å². The molecule has 0 amide bonds. The fourth-order valence-electron chi connectivity index (χ4n) is 3.50. The molecule has 2 saturated heterocycles. The van der Waals surface area contributed by atoms with Crippen LogP contribution in [0.15, 0.2) is 35.1 Å². The normalized spacial score (nSPS) is 23.0. The molecule has 2 aliphatic heterocycles. The van der Waals surface area contributed by atoms with Crippen molar-refractivity contribution in [2.45, 2.75) is 18.5 Å². The number of aromatic nitrogens is 2. The lowest BCUT2D eigenvalue weighted by Gasteiger charge is -2.38. The van der Waals surface area contributed by atoms with Crippen molar-refractivity contribution < 1.29 is 12.8 Å². The summed E-state index contributed by atoms with van der Waals surface area (Å²) in [4.78, 5) is 10.9. The average molecular weight is 436 g/mol. The maximum Gasteiger partial charge on any atom is 0.224 e. The standard InChI is InChI=1S/C16H21N5O3S.2ClH/c22-25(23)10-13-14(11-25)21(8-7-17-13)15-4-6-19-16(20-15)18-5-3-12-2-1-9-24-12;;/h1-2,4,6,9,13-14,17H,3,5,7-8,10-11H2,(H,18,19,20);2*1H/t13-,14+;;/m0../s1. The van der Waals surface area contributed by atoms with Crippen LogP contribution in [0, 0.1) is 0 Å². The van der Waals surface area contributed by atoms with Crippen molar-refractivity contribution >= 4 is 46.4 Å². The van der Waals surface area contributed by atoms with Gasteiger partial charge in [-0.15, -0.1) is 24.8 Å². The number of piperazine rings is 1. The van der Waals surface area contributed by atoms with Crippen molar-refractivity contribution in [2.75, 3.05) is 41.4 Å². The molecule has 27 heavy (non-hydrogen) atoms. The largest absolute Gasteiger partial charge is 0.469 e. The molecular formula is C16H23Cl2N5O3S. The van der Waals surface area contributed by atoms with Crippen LogP contribution in [0.1, 0.15) is 5.76 Å². The van der Waals surface area contributed by atoms with E-state index in [1.807, 2.05) is 18.2 Å². The molecule has 2 atom stereocenters. The van der Waals surface area contributed by atoms with Crippen molar-refractivity contribution in [3.8, 4) is 0 Å². The summed E-state index contributed by atoms with van der Waals surface area (Å²) in [5, 5.41) is 6.51. The first kappa shape index (κ1) is 21.7. The van der Waals surface area contributed by atoms with E-state index < -0.39 is 9.84 Å². The van der Waals surface area contributed by atoms with E-state index in [4.69, 9.17) is 4.42 Å². The molecule has 2 aromatic rings. The highest BCUT2D eigenvalue weighted by atomic mass is 35.5. The van der Waals surface area contributed by atoms with Gasteiger partial charge in [0, 0.05) is 38.3 Å². The molecule has 4 rings (SSSR count). The quantitative estimate of drug-likeness (QED) is 0.720. The van der Waals surface area contributed by atoms with Gasteiger partial charge in [0.1, 0.15) is 11.6 Å². The summed E-state index contributed by atoms with van der Waals surface area (Å²) in [5.41, 5.74) is 0. The summed E-state index contributed by atoms with van der Waals surface area (Å²) in [6.07, 6.45) is 4.11. The van der Waals surface area contributed by atoms with Crippen LogP contribution in [0.25, 0.3) is 0 Å². The first-order chi connectivity index (χ1) is 12.1. The van der Waals surface area contributed by atoms with E-state index in [0.717, 1.165) is 31.1 Å². The highest BCUT2D eigenvalue weighted by molar-refractivity contribution is 7.91. The number of nitrogens with zero attached hydrogens (tertiary/aromatic N) is 3. The van der Waals surface area contributed by atoms with Crippen LogP contribution in [-0.2, 0) is 16.3 Å². The van der Waals surface area contributed by atoms with Gasteiger partial charge in [0.05, 0.1) is 23.8 Å². The van der Waals surface area contributed by atoms with E-state index >= 15 is 0 Å². The van der Waals surface area contributed by atoms with Crippen molar-refractivity contribution in [3.63, 3.8) is 0 Å². The van der Waals surface area contributed by atoms with Gasteiger partial charge in [-0.1, -0.05) is 0 Å². The van der Waals surface area contributed by atoms with Gasteiger partial charge < -0.3 is 20.0 Å². The molecule has 150 valence electrons. The summed E-state index contributed by atoms with van der Waals surface area (Å²) in [5.74, 6) is 2.59. The molecular weight excluding hydrogens is 413 g/mol. The maximum atomic E-state index is 12.0. The van der Waals surface area contributed by atoms with Gasteiger partial charge >= 0.3 is 0 Å². The third-order valence-corrected chi connectivity index (χ3v) is 6.37. The zero-order chi connectivity index (χ0) is 17.3. The third kappa shape index (κ3) is 5.04. The Morgan fingerprint density at radius 3 is 2.93 bits per heavy atom. The van der Waals surface area contributed by atoms with Crippen molar-refractivity contribution in [2.24, 2.45) is 0 Å². The van der Waals surface area contributed by atoms with E-state index in [0.29, 0.717) is 12.5 Å². The molecule has 2 aromatic heterocycles. The monoisotopic (exact) mass is 435 g/mol. The zero-order valence-electron chi connectivity index (χ0n) is 14.6. The number of furan rings is 1. The van der Waals surface area contributed by atoms with Gasteiger partial charge in [-0.25, -0.2) is 13.4 Å². The SMILES string of the molecule is Cl.Cl.O=S1(=O)C[C@@H]2NCCN(c3ccnc(NCCc4ccco4)n3)[C@@H]2C1. The lowest BCUT2D eigenvalue weighted by molar-refractivity contribution is 0.423. The smallest absolute Gasteiger partial charge is 0.224 e. The minimum atomic E-state index is -2.99. The van der Waals surface area contributed by atoms with E-state index in [9.17, 15) is 8.42 Å². The molecule has 11 heteroatoms. The molecule has 0 aromatic carbocycles. The number of hydrogen-bond donors (Lipinski definition) is 2. The summed E-state index contributed by atoms with van der Waals surface area (Å²) < 4.78 is 29.3. The predicted octanol–water partition coefficient (Wildman–Crippen LogP) is 1.14. The van der Waals surface area contributed by atoms with E-state index in [1.165, 1.54) is 0 Å². The Balaban J connectivity index is 0.00000131. The van der Waals surface area contributed by atoms with Gasteiger partial charge in [0.2, 0.25) is 5.95 Å². The van der Waals surface area contributed by atoms with Gasteiger partial charge in [0.25, 0.3) is 0 Å². The lowest BCUT2D eigenvalue weighted by Crippen LogP contribution is -2.57. The second kappa shape index (κ2) is 9.09. The number of nitrogens with one attached hydrogen (secondary N) is 2. The Labute approximate surface area is 170 Å². The predicted molar refractivity (Wildman–Crippen MR) is 109 cm³/mol. The molecule has 0 radical (unpaired) electrons. The maximum absolute atomic E-state index is 12.0. The molecule has 2 N–H and O–H groups in total. The number of hydrogen-bond acceptors (Lipinski definition) is 8. The van der Waals surface area contributed by atoms with E-state index in [-0.39, 0.29) is 48.4 Å². The Morgan fingerprint density at radius 1 is 1.30 bits per heavy atom. The minimum Gasteiger partial charge on any atom is -0.469 e. The van der Waals surface area contributed by atoms with Crippen LogP contribution in [0.5, 0.6) is 0 Å².